The molecule has 3 rings (SSSR count). The van der Waals surface area contributed by atoms with Crippen molar-refractivity contribution < 1.29 is 53.8 Å². The van der Waals surface area contributed by atoms with Crippen molar-refractivity contribution in [2.75, 3.05) is 6.61 Å². The van der Waals surface area contributed by atoms with Gasteiger partial charge in [0.15, 0.2) is 0 Å². The number of thioether (sulfide) groups is 1. The smallest absolute Gasteiger partial charge is 0.543 e. The van der Waals surface area contributed by atoms with E-state index in [0.29, 0.717) is 17.8 Å². The normalized spacial score (nSPS) is 20.1. The first-order chi connectivity index (χ1) is 11.0. The number of aromatic nitrogens is 3. The van der Waals surface area contributed by atoms with Crippen molar-refractivity contribution in [2.45, 2.75) is 18.8 Å². The average Bonchev–Trinajstić information content (AvgIpc) is 3.08. The van der Waals surface area contributed by atoms with Crippen molar-refractivity contribution in [1.82, 2.24) is 19.9 Å². The van der Waals surface area contributed by atoms with E-state index in [-0.39, 0.29) is 59.1 Å². The van der Waals surface area contributed by atoms with Crippen LogP contribution >= 0.6 is 11.8 Å². The number of carboxylic acid groups (broad SMARTS) is 1. The Morgan fingerprint density at radius 1 is 1.50 bits per heavy atom. The van der Waals surface area contributed by atoms with E-state index >= 15 is 0 Å². The zero-order chi connectivity index (χ0) is 16.6. The molecule has 2 aliphatic heterocycles. The van der Waals surface area contributed by atoms with Gasteiger partial charge in [-0.1, -0.05) is 5.21 Å². The number of nitrogens with zero attached hydrogens (tertiary/aromatic N) is 4. The van der Waals surface area contributed by atoms with Gasteiger partial charge in [-0.05, 0) is 11.5 Å². The first-order valence-electron chi connectivity index (χ1n) is 6.63. The molecule has 0 saturated carbocycles. The molecule has 2 aliphatic rings. The topological polar surface area (TPSA) is 117 Å². The van der Waals surface area contributed by atoms with E-state index < -0.39 is 5.97 Å². The summed E-state index contributed by atoms with van der Waals surface area (Å²) in [7, 11) is 0. The van der Waals surface area contributed by atoms with Crippen LogP contribution in [0.15, 0.2) is 22.9 Å². The standard InChI is InChI=1S/C13H12N4O5S.Na/c1-7(18)22-3-2-16-5-8(14-15-16)4-9-11(19)17-10(13(20)21)6-23-12(9)17;/h4-6,12H,2-3H2,1H3,(H,20,21);/q;+1/p-1/b9-4-;/t12-;/m1./s1. The van der Waals surface area contributed by atoms with Crippen LogP contribution in [-0.2, 0) is 25.7 Å². The molecule has 1 atom stereocenters. The number of hydrogen-bond acceptors (Lipinski definition) is 8. The molecule has 1 aromatic rings. The van der Waals surface area contributed by atoms with Gasteiger partial charge >= 0.3 is 35.5 Å². The Balaban J connectivity index is 0.00000208. The second kappa shape index (κ2) is 7.51. The summed E-state index contributed by atoms with van der Waals surface area (Å²) in [6, 6.07) is 0. The first kappa shape index (κ1) is 18.7. The minimum absolute atomic E-state index is 0. The molecule has 0 aromatic carbocycles. The molecule has 0 bridgehead atoms. The third-order valence-corrected chi connectivity index (χ3v) is 4.31. The number of carbonyl (C=O) groups excluding carboxylic acids is 3. The van der Waals surface area contributed by atoms with E-state index in [1.54, 1.807) is 12.3 Å². The van der Waals surface area contributed by atoms with Crippen molar-refractivity contribution in [3.8, 4) is 0 Å². The van der Waals surface area contributed by atoms with Crippen LogP contribution in [0.25, 0.3) is 6.08 Å². The van der Waals surface area contributed by atoms with E-state index in [0.717, 1.165) is 0 Å². The Morgan fingerprint density at radius 2 is 2.25 bits per heavy atom. The average molecular weight is 358 g/mol. The number of carboxylic acids is 1. The van der Waals surface area contributed by atoms with Gasteiger partial charge in [-0.3, -0.25) is 14.5 Å². The summed E-state index contributed by atoms with van der Waals surface area (Å²) < 4.78 is 6.29. The number of fused-ring (bicyclic) bond motifs is 1. The van der Waals surface area contributed by atoms with Crippen molar-refractivity contribution in [2.24, 2.45) is 0 Å². The van der Waals surface area contributed by atoms with Gasteiger partial charge < -0.3 is 14.6 Å². The molecule has 0 aliphatic carbocycles. The predicted octanol–water partition coefficient (Wildman–Crippen LogP) is -4.26. The number of aliphatic carboxylic acids is 1. The number of amides is 1. The van der Waals surface area contributed by atoms with Crippen LogP contribution in [0, 0.1) is 0 Å². The second-order valence-corrected chi connectivity index (χ2v) is 5.75. The molecule has 120 valence electrons. The molecule has 1 aromatic heterocycles. The van der Waals surface area contributed by atoms with Gasteiger partial charge in [0.1, 0.15) is 17.7 Å². The molecular weight excluding hydrogens is 347 g/mol. The Hall–Kier alpha value is -1.62. The van der Waals surface area contributed by atoms with Crippen molar-refractivity contribution in [1.29, 1.82) is 0 Å². The van der Waals surface area contributed by atoms with Crippen LogP contribution in [0.4, 0.5) is 0 Å². The number of β-lactam (4-membered cyclic amide) rings is 1. The van der Waals surface area contributed by atoms with E-state index in [9.17, 15) is 19.5 Å². The summed E-state index contributed by atoms with van der Waals surface area (Å²) in [5.41, 5.74) is 0.806. The van der Waals surface area contributed by atoms with Crippen LogP contribution < -0.4 is 34.7 Å². The number of carbonyl (C=O) groups is 3. The maximum Gasteiger partial charge on any atom is 1.00 e. The van der Waals surface area contributed by atoms with Crippen LogP contribution in [-0.4, -0.2) is 49.7 Å². The van der Waals surface area contributed by atoms with E-state index in [2.05, 4.69) is 10.3 Å². The Kier molecular flexibility index (Phi) is 5.86. The number of hydrogen-bond donors (Lipinski definition) is 0. The Labute approximate surface area is 163 Å². The molecule has 1 fully saturated rings. The molecule has 0 spiro atoms. The van der Waals surface area contributed by atoms with E-state index in [4.69, 9.17) is 4.74 Å². The summed E-state index contributed by atoms with van der Waals surface area (Å²) in [5, 5.41) is 19.7. The second-order valence-electron chi connectivity index (χ2n) is 4.80. The molecule has 11 heteroatoms. The van der Waals surface area contributed by atoms with Gasteiger partial charge in [-0.25, -0.2) is 4.68 Å². The maximum absolute atomic E-state index is 12.0. The fourth-order valence-corrected chi connectivity index (χ4v) is 3.30. The van der Waals surface area contributed by atoms with Gasteiger partial charge in [-0.15, -0.1) is 16.9 Å². The molecular formula is C13H11N4NaO5S. The largest absolute Gasteiger partial charge is 1.00 e. The van der Waals surface area contributed by atoms with E-state index in [1.807, 2.05) is 0 Å². The molecule has 1 amide bonds. The van der Waals surface area contributed by atoms with Gasteiger partial charge in [0.05, 0.1) is 30.0 Å². The van der Waals surface area contributed by atoms with Crippen LogP contribution in [0.3, 0.4) is 0 Å². The molecule has 0 radical (unpaired) electrons. The van der Waals surface area contributed by atoms with Gasteiger partial charge in [0.2, 0.25) is 0 Å². The molecule has 3 heterocycles. The molecule has 0 N–H and O–H groups in total. The number of rotatable bonds is 5. The van der Waals surface area contributed by atoms with E-state index in [1.165, 1.54) is 33.7 Å². The summed E-state index contributed by atoms with van der Waals surface area (Å²) in [4.78, 5) is 34.8. The van der Waals surface area contributed by atoms with Crippen molar-refractivity contribution in [3.05, 3.63) is 28.6 Å². The minimum atomic E-state index is -1.37. The summed E-state index contributed by atoms with van der Waals surface area (Å²) in [5.74, 6) is -2.13. The summed E-state index contributed by atoms with van der Waals surface area (Å²) in [6.45, 7) is 1.85. The predicted molar refractivity (Wildman–Crippen MR) is 75.9 cm³/mol. The molecule has 24 heavy (non-hydrogen) atoms. The zero-order valence-electron chi connectivity index (χ0n) is 13.0. The van der Waals surface area contributed by atoms with Crippen LogP contribution in [0.1, 0.15) is 12.6 Å². The molecule has 9 nitrogen and oxygen atoms in total. The van der Waals surface area contributed by atoms with Crippen LogP contribution in [0.5, 0.6) is 0 Å². The Bertz CT molecular complexity index is 759. The quantitative estimate of drug-likeness (QED) is 0.225. The zero-order valence-corrected chi connectivity index (χ0v) is 15.8. The SMILES string of the molecule is CC(=O)OCCn1cc(/C=C2/C(=O)N3C(C(=O)[O-])=CS[C@H]23)nn1.[Na+]. The minimum Gasteiger partial charge on any atom is -0.543 e. The third-order valence-electron chi connectivity index (χ3n) is 3.23. The fourth-order valence-electron chi connectivity index (χ4n) is 2.19. The number of esters is 1. The van der Waals surface area contributed by atoms with Crippen LogP contribution in [0.2, 0.25) is 0 Å². The Morgan fingerprint density at radius 3 is 2.92 bits per heavy atom. The van der Waals surface area contributed by atoms with Gasteiger partial charge in [0, 0.05) is 6.92 Å². The fraction of sp³-hybridized carbons (Fsp3) is 0.308. The maximum atomic E-state index is 12.0. The van der Waals surface area contributed by atoms with Gasteiger partial charge in [0.25, 0.3) is 5.91 Å². The van der Waals surface area contributed by atoms with Crippen molar-refractivity contribution in [3.63, 3.8) is 0 Å². The summed E-state index contributed by atoms with van der Waals surface area (Å²) >= 11 is 1.23. The first-order valence-corrected chi connectivity index (χ1v) is 7.57. The third kappa shape index (κ3) is 3.56. The monoisotopic (exact) mass is 358 g/mol. The molecule has 0 unspecified atom stereocenters. The molecule has 1 saturated heterocycles. The summed E-state index contributed by atoms with van der Waals surface area (Å²) in [6.07, 6.45) is 3.18. The number of ether oxygens (including phenoxy) is 1. The van der Waals surface area contributed by atoms with Gasteiger partial charge in [-0.2, -0.15) is 0 Å². The van der Waals surface area contributed by atoms with Crippen molar-refractivity contribution >= 4 is 35.7 Å².